The standard InChI is InChI=1S/C21H16N2.ClH/c1-3-10-20-16(6-1)12-14-18(22-20)8-5-9-19-15-13-17-7-2-4-11-21(17)23-19;/h1-15,22H;1H/b9-5+,18-8-;. The van der Waals surface area contributed by atoms with Gasteiger partial charge in [0.1, 0.15) is 0 Å². The molecule has 1 aliphatic rings. The zero-order valence-electron chi connectivity index (χ0n) is 13.0. The Labute approximate surface area is 147 Å². The van der Waals surface area contributed by atoms with E-state index in [-0.39, 0.29) is 12.4 Å². The molecule has 0 fully saturated rings. The molecule has 2 N–H and O–H groups in total. The number of aromatic amines is 1. The van der Waals surface area contributed by atoms with Gasteiger partial charge in [-0.2, -0.15) is 0 Å². The summed E-state index contributed by atoms with van der Waals surface area (Å²) in [4.78, 5) is 3.43. The molecule has 3 heteroatoms. The van der Waals surface area contributed by atoms with E-state index in [1.807, 2.05) is 12.1 Å². The fourth-order valence-corrected chi connectivity index (χ4v) is 2.72. The van der Waals surface area contributed by atoms with Gasteiger partial charge in [0.15, 0.2) is 0 Å². The topological polar surface area (TPSA) is 26.2 Å². The van der Waals surface area contributed by atoms with Crippen molar-refractivity contribution in [1.29, 1.82) is 0 Å². The van der Waals surface area contributed by atoms with Gasteiger partial charge in [0, 0.05) is 35.0 Å². The third-order valence-corrected chi connectivity index (χ3v) is 3.92. The van der Waals surface area contributed by atoms with Crippen LogP contribution in [-0.4, -0.2) is 0 Å². The third kappa shape index (κ3) is 3.39. The fraction of sp³-hybridized carbons (Fsp3) is 0. The fourth-order valence-electron chi connectivity index (χ4n) is 2.72. The van der Waals surface area contributed by atoms with Gasteiger partial charge >= 0.3 is 0 Å². The molecule has 0 aliphatic carbocycles. The number of H-pyrrole nitrogens is 1. The van der Waals surface area contributed by atoms with Crippen molar-refractivity contribution < 1.29 is 17.4 Å². The average Bonchev–Trinajstić information content (AvgIpc) is 2.61. The quantitative estimate of drug-likeness (QED) is 0.759. The van der Waals surface area contributed by atoms with Crippen LogP contribution in [0.3, 0.4) is 0 Å². The summed E-state index contributed by atoms with van der Waals surface area (Å²) >= 11 is 0. The molecule has 2 aromatic carbocycles. The molecule has 4 rings (SSSR count). The van der Waals surface area contributed by atoms with Gasteiger partial charge < -0.3 is 17.7 Å². The lowest BCUT2D eigenvalue weighted by Gasteiger charge is -2.14. The van der Waals surface area contributed by atoms with Crippen LogP contribution in [0.5, 0.6) is 0 Å². The van der Waals surface area contributed by atoms with E-state index < -0.39 is 0 Å². The van der Waals surface area contributed by atoms with E-state index in [0.717, 1.165) is 22.6 Å². The van der Waals surface area contributed by atoms with Crippen molar-refractivity contribution in [2.45, 2.75) is 0 Å². The number of pyridine rings is 1. The van der Waals surface area contributed by atoms with Crippen LogP contribution in [0.25, 0.3) is 23.1 Å². The summed E-state index contributed by atoms with van der Waals surface area (Å²) in [5.41, 5.74) is 5.68. The number of rotatable bonds is 2. The maximum absolute atomic E-state index is 3.43. The largest absolute Gasteiger partial charge is 1.00 e. The molecule has 1 aromatic heterocycles. The number of fused-ring (bicyclic) bond motifs is 2. The normalized spacial score (nSPS) is 14.4. The average molecular weight is 333 g/mol. The molecule has 0 atom stereocenters. The van der Waals surface area contributed by atoms with Gasteiger partial charge in [-0.25, -0.2) is 4.98 Å². The summed E-state index contributed by atoms with van der Waals surface area (Å²) in [5, 5.41) is 4.64. The van der Waals surface area contributed by atoms with Gasteiger partial charge in [0.25, 0.3) is 0 Å². The van der Waals surface area contributed by atoms with E-state index in [0.29, 0.717) is 0 Å². The second kappa shape index (κ2) is 7.16. The molecule has 2 nitrogen and oxygen atoms in total. The second-order valence-corrected chi connectivity index (χ2v) is 5.53. The Morgan fingerprint density at radius 1 is 0.833 bits per heavy atom. The highest BCUT2D eigenvalue weighted by Gasteiger charge is 2.04. The van der Waals surface area contributed by atoms with E-state index in [9.17, 15) is 0 Å². The number of nitrogens with one attached hydrogen (secondary N) is 2. The molecule has 0 saturated heterocycles. The summed E-state index contributed by atoms with van der Waals surface area (Å²) in [5.74, 6) is 0. The first-order valence-electron chi connectivity index (χ1n) is 7.72. The van der Waals surface area contributed by atoms with Crippen LogP contribution in [0, 0.1) is 0 Å². The highest BCUT2D eigenvalue weighted by atomic mass is 35.5. The van der Waals surface area contributed by atoms with Crippen molar-refractivity contribution in [3.8, 4) is 0 Å². The van der Waals surface area contributed by atoms with Crippen LogP contribution >= 0.6 is 0 Å². The molecule has 2 heterocycles. The molecule has 24 heavy (non-hydrogen) atoms. The lowest BCUT2D eigenvalue weighted by atomic mass is 10.1. The smallest absolute Gasteiger partial charge is 0.211 e. The van der Waals surface area contributed by atoms with Crippen LogP contribution in [0.15, 0.2) is 84.6 Å². The summed E-state index contributed by atoms with van der Waals surface area (Å²) < 4.78 is 0. The zero-order chi connectivity index (χ0) is 15.5. The van der Waals surface area contributed by atoms with Crippen LogP contribution in [0.4, 0.5) is 5.69 Å². The maximum atomic E-state index is 3.43. The summed E-state index contributed by atoms with van der Waals surface area (Å²) in [6.07, 6.45) is 10.4. The Morgan fingerprint density at radius 3 is 2.62 bits per heavy atom. The van der Waals surface area contributed by atoms with Gasteiger partial charge in [-0.1, -0.05) is 42.5 Å². The van der Waals surface area contributed by atoms with Gasteiger partial charge in [-0.05, 0) is 35.9 Å². The Hall–Kier alpha value is -2.84. The SMILES string of the molecule is C1=Cc2ccccc2N/C1=C\C=C\c1ccc2ccccc2[nH+]1.[Cl-]. The van der Waals surface area contributed by atoms with Gasteiger partial charge in [0.05, 0.1) is 0 Å². The van der Waals surface area contributed by atoms with E-state index in [1.54, 1.807) is 0 Å². The van der Waals surface area contributed by atoms with E-state index in [4.69, 9.17) is 0 Å². The molecular formula is C21H17ClN2. The second-order valence-electron chi connectivity index (χ2n) is 5.53. The summed E-state index contributed by atoms with van der Waals surface area (Å²) in [6.45, 7) is 0. The third-order valence-electron chi connectivity index (χ3n) is 3.92. The van der Waals surface area contributed by atoms with Crippen molar-refractivity contribution in [2.24, 2.45) is 0 Å². The molecule has 0 saturated carbocycles. The molecule has 0 radical (unpaired) electrons. The van der Waals surface area contributed by atoms with Crippen molar-refractivity contribution in [3.05, 3.63) is 95.8 Å². The number of halogens is 1. The van der Waals surface area contributed by atoms with Crippen LogP contribution in [0.2, 0.25) is 0 Å². The number of anilines is 1. The number of allylic oxidation sites excluding steroid dienone is 3. The molecule has 1 aliphatic heterocycles. The number of aromatic nitrogens is 1. The van der Waals surface area contributed by atoms with Gasteiger partial charge in [-0.3, -0.25) is 0 Å². The van der Waals surface area contributed by atoms with E-state index in [2.05, 4.69) is 89.2 Å². The van der Waals surface area contributed by atoms with Crippen molar-refractivity contribution in [2.75, 3.05) is 5.32 Å². The minimum absolute atomic E-state index is 0. The van der Waals surface area contributed by atoms with Gasteiger partial charge in [0.2, 0.25) is 11.2 Å². The first-order chi connectivity index (χ1) is 11.4. The molecule has 118 valence electrons. The number of benzene rings is 2. The predicted octanol–water partition coefficient (Wildman–Crippen LogP) is 1.69. The predicted molar refractivity (Wildman–Crippen MR) is 96.7 cm³/mol. The molecule has 0 unspecified atom stereocenters. The highest BCUT2D eigenvalue weighted by Crippen LogP contribution is 2.23. The lowest BCUT2D eigenvalue weighted by molar-refractivity contribution is -0.347. The lowest BCUT2D eigenvalue weighted by Crippen LogP contribution is -3.00. The monoisotopic (exact) mass is 332 g/mol. The van der Waals surface area contributed by atoms with Crippen LogP contribution < -0.4 is 22.7 Å². The number of hydrogen-bond donors (Lipinski definition) is 1. The summed E-state index contributed by atoms with van der Waals surface area (Å²) in [6, 6.07) is 20.8. The Balaban J connectivity index is 0.00000169. The number of para-hydroxylation sites is 2. The first-order valence-corrected chi connectivity index (χ1v) is 7.72. The molecule has 3 aromatic rings. The van der Waals surface area contributed by atoms with Crippen LogP contribution in [0.1, 0.15) is 11.3 Å². The zero-order valence-corrected chi connectivity index (χ0v) is 13.8. The Kier molecular flexibility index (Phi) is 4.78. The molecular weight excluding hydrogens is 316 g/mol. The Morgan fingerprint density at radius 2 is 1.67 bits per heavy atom. The van der Waals surface area contributed by atoms with Crippen molar-refractivity contribution in [3.63, 3.8) is 0 Å². The van der Waals surface area contributed by atoms with Gasteiger partial charge in [-0.15, -0.1) is 0 Å². The van der Waals surface area contributed by atoms with E-state index >= 15 is 0 Å². The minimum atomic E-state index is 0. The van der Waals surface area contributed by atoms with Crippen molar-refractivity contribution in [1.82, 2.24) is 0 Å². The molecule has 0 spiro atoms. The number of hydrogen-bond acceptors (Lipinski definition) is 1. The minimum Gasteiger partial charge on any atom is -1.00 e. The molecule has 0 bridgehead atoms. The Bertz CT molecular complexity index is 955. The van der Waals surface area contributed by atoms with Crippen LogP contribution in [-0.2, 0) is 0 Å². The van der Waals surface area contributed by atoms with Crippen molar-refractivity contribution >= 4 is 28.7 Å². The summed E-state index contributed by atoms with van der Waals surface area (Å²) in [7, 11) is 0. The maximum Gasteiger partial charge on any atom is 0.211 e. The van der Waals surface area contributed by atoms with E-state index in [1.165, 1.54) is 10.9 Å². The first kappa shape index (κ1) is 16.0. The molecule has 0 amide bonds. The highest BCUT2D eigenvalue weighted by molar-refractivity contribution is 5.76.